The molecule has 1 atom stereocenters. The molecule has 2 nitrogen and oxygen atoms in total. The van der Waals surface area contributed by atoms with Crippen LogP contribution in [0, 0.1) is 5.92 Å². The lowest BCUT2D eigenvalue weighted by atomic mass is 10.1. The van der Waals surface area contributed by atoms with Crippen molar-refractivity contribution < 1.29 is 4.42 Å². The summed E-state index contributed by atoms with van der Waals surface area (Å²) in [6.07, 6.45) is 4.11. The summed E-state index contributed by atoms with van der Waals surface area (Å²) in [5.74, 6) is 0.955. The van der Waals surface area contributed by atoms with E-state index in [1.807, 2.05) is 12.1 Å². The number of fused-ring (bicyclic) bond motifs is 3. The Bertz CT molecular complexity index is 754. The van der Waals surface area contributed by atoms with E-state index in [0.717, 1.165) is 17.1 Å². The first-order valence-corrected chi connectivity index (χ1v) is 7.47. The third-order valence-electron chi connectivity index (χ3n) is 4.17. The molecule has 0 amide bonds. The van der Waals surface area contributed by atoms with Gasteiger partial charge in [0.05, 0.1) is 0 Å². The van der Waals surface area contributed by atoms with E-state index in [9.17, 15) is 0 Å². The third kappa shape index (κ3) is 2.15. The predicted octanol–water partition coefficient (Wildman–Crippen LogP) is 5.19. The molecule has 0 aliphatic heterocycles. The zero-order valence-electron chi connectivity index (χ0n) is 11.7. The van der Waals surface area contributed by atoms with Crippen LogP contribution in [0.15, 0.2) is 46.9 Å². The van der Waals surface area contributed by atoms with Crippen LogP contribution in [-0.4, -0.2) is 6.04 Å². The second-order valence-electron chi connectivity index (χ2n) is 6.03. The highest BCUT2D eigenvalue weighted by molar-refractivity contribution is 6.05. The summed E-state index contributed by atoms with van der Waals surface area (Å²) in [5, 5.41) is 6.01. The molecule has 0 spiro atoms. The summed E-state index contributed by atoms with van der Waals surface area (Å²) in [4.78, 5) is 0. The lowest BCUT2D eigenvalue weighted by Crippen LogP contribution is -2.15. The maximum Gasteiger partial charge on any atom is 0.135 e. The van der Waals surface area contributed by atoms with Crippen LogP contribution < -0.4 is 5.32 Å². The van der Waals surface area contributed by atoms with Gasteiger partial charge in [-0.1, -0.05) is 31.0 Å². The monoisotopic (exact) mass is 265 g/mol. The van der Waals surface area contributed by atoms with E-state index >= 15 is 0 Å². The summed E-state index contributed by atoms with van der Waals surface area (Å²) in [6.45, 7) is 2.27. The average Bonchev–Trinajstić information content (AvgIpc) is 3.17. The van der Waals surface area contributed by atoms with Crippen molar-refractivity contribution in [3.8, 4) is 0 Å². The summed E-state index contributed by atoms with van der Waals surface area (Å²) in [5.41, 5.74) is 3.12. The minimum Gasteiger partial charge on any atom is -0.456 e. The van der Waals surface area contributed by atoms with Crippen molar-refractivity contribution in [1.29, 1.82) is 0 Å². The van der Waals surface area contributed by atoms with Gasteiger partial charge in [-0.15, -0.1) is 0 Å². The van der Waals surface area contributed by atoms with Crippen LogP contribution in [0.25, 0.3) is 21.9 Å². The van der Waals surface area contributed by atoms with Crippen molar-refractivity contribution >= 4 is 27.6 Å². The quantitative estimate of drug-likeness (QED) is 0.702. The standard InChI is InChI=1S/C18H19NO/c1-12(10-13-6-7-13)19-14-8-9-18-16(11-14)15-4-2-3-5-17(15)20-18/h2-5,8-9,11-13,19H,6-7,10H2,1H3. The smallest absolute Gasteiger partial charge is 0.135 e. The Morgan fingerprint density at radius 1 is 1.10 bits per heavy atom. The van der Waals surface area contributed by atoms with Gasteiger partial charge >= 0.3 is 0 Å². The summed E-state index contributed by atoms with van der Waals surface area (Å²) < 4.78 is 5.86. The van der Waals surface area contributed by atoms with Crippen molar-refractivity contribution in [2.45, 2.75) is 32.2 Å². The molecule has 1 heterocycles. The second kappa shape index (κ2) is 4.55. The molecule has 1 aliphatic carbocycles. The molecule has 1 unspecified atom stereocenters. The Morgan fingerprint density at radius 2 is 1.90 bits per heavy atom. The van der Waals surface area contributed by atoms with E-state index in [-0.39, 0.29) is 0 Å². The highest BCUT2D eigenvalue weighted by Gasteiger charge is 2.23. The largest absolute Gasteiger partial charge is 0.456 e. The van der Waals surface area contributed by atoms with Crippen LogP contribution in [0.1, 0.15) is 26.2 Å². The van der Waals surface area contributed by atoms with E-state index in [0.29, 0.717) is 6.04 Å². The molecule has 2 aromatic carbocycles. The Labute approximate surface area is 118 Å². The van der Waals surface area contributed by atoms with Crippen molar-refractivity contribution in [2.24, 2.45) is 5.92 Å². The van der Waals surface area contributed by atoms with E-state index < -0.39 is 0 Å². The van der Waals surface area contributed by atoms with Gasteiger partial charge in [0.25, 0.3) is 0 Å². The van der Waals surface area contributed by atoms with Crippen molar-refractivity contribution in [3.63, 3.8) is 0 Å². The summed E-state index contributed by atoms with van der Waals surface area (Å²) >= 11 is 0. The normalized spacial score (nSPS) is 16.6. The molecule has 20 heavy (non-hydrogen) atoms. The van der Waals surface area contributed by atoms with Crippen molar-refractivity contribution in [1.82, 2.24) is 0 Å². The Balaban J connectivity index is 1.68. The minimum atomic E-state index is 0.540. The van der Waals surface area contributed by atoms with Gasteiger partial charge in [-0.25, -0.2) is 0 Å². The zero-order chi connectivity index (χ0) is 13.5. The van der Waals surface area contributed by atoms with Crippen LogP contribution in [0.2, 0.25) is 0 Å². The molecule has 3 aromatic rings. The first kappa shape index (κ1) is 11.8. The number of benzene rings is 2. The molecular weight excluding hydrogens is 246 g/mol. The number of para-hydroxylation sites is 1. The zero-order valence-corrected chi connectivity index (χ0v) is 11.7. The number of rotatable bonds is 4. The van der Waals surface area contributed by atoms with Crippen LogP contribution in [-0.2, 0) is 0 Å². The van der Waals surface area contributed by atoms with E-state index in [1.165, 1.54) is 35.7 Å². The number of furan rings is 1. The van der Waals surface area contributed by atoms with Gasteiger partial charge in [-0.3, -0.25) is 0 Å². The molecule has 1 fully saturated rings. The number of hydrogen-bond acceptors (Lipinski definition) is 2. The molecular formula is C18H19NO. The fourth-order valence-corrected chi connectivity index (χ4v) is 3.01. The van der Waals surface area contributed by atoms with Crippen LogP contribution in [0.3, 0.4) is 0 Å². The van der Waals surface area contributed by atoms with Gasteiger partial charge in [-0.05, 0) is 43.5 Å². The molecule has 1 aromatic heterocycles. The van der Waals surface area contributed by atoms with Gasteiger partial charge in [-0.2, -0.15) is 0 Å². The SMILES string of the molecule is CC(CC1CC1)Nc1ccc2oc3ccccc3c2c1. The number of anilines is 1. The van der Waals surface area contributed by atoms with Crippen LogP contribution in [0.4, 0.5) is 5.69 Å². The minimum absolute atomic E-state index is 0.540. The first-order valence-electron chi connectivity index (χ1n) is 7.47. The molecule has 0 saturated heterocycles. The number of nitrogens with one attached hydrogen (secondary N) is 1. The maximum atomic E-state index is 5.86. The van der Waals surface area contributed by atoms with E-state index in [4.69, 9.17) is 4.42 Å². The van der Waals surface area contributed by atoms with Crippen LogP contribution >= 0.6 is 0 Å². The van der Waals surface area contributed by atoms with Gasteiger partial charge < -0.3 is 9.73 Å². The second-order valence-corrected chi connectivity index (χ2v) is 6.03. The lowest BCUT2D eigenvalue weighted by molar-refractivity contribution is 0.642. The summed E-state index contributed by atoms with van der Waals surface area (Å²) in [6, 6.07) is 15.2. The molecule has 4 rings (SSSR count). The predicted molar refractivity (Wildman–Crippen MR) is 84.1 cm³/mol. The van der Waals surface area contributed by atoms with Gasteiger partial charge in [0.2, 0.25) is 0 Å². The fourth-order valence-electron chi connectivity index (χ4n) is 3.01. The Kier molecular flexibility index (Phi) is 2.69. The molecule has 1 N–H and O–H groups in total. The lowest BCUT2D eigenvalue weighted by Gasteiger charge is -2.14. The molecule has 2 heteroatoms. The van der Waals surface area contributed by atoms with Crippen molar-refractivity contribution in [2.75, 3.05) is 5.32 Å². The number of hydrogen-bond donors (Lipinski definition) is 1. The molecule has 0 radical (unpaired) electrons. The molecule has 1 saturated carbocycles. The van der Waals surface area contributed by atoms with Crippen LogP contribution in [0.5, 0.6) is 0 Å². The van der Waals surface area contributed by atoms with Gasteiger partial charge in [0.1, 0.15) is 11.2 Å². The fraction of sp³-hybridized carbons (Fsp3) is 0.333. The van der Waals surface area contributed by atoms with Gasteiger partial charge in [0, 0.05) is 22.5 Å². The molecule has 102 valence electrons. The highest BCUT2D eigenvalue weighted by atomic mass is 16.3. The highest BCUT2D eigenvalue weighted by Crippen LogP contribution is 2.35. The molecule has 0 bridgehead atoms. The van der Waals surface area contributed by atoms with E-state index in [1.54, 1.807) is 0 Å². The Morgan fingerprint density at radius 3 is 2.75 bits per heavy atom. The average molecular weight is 265 g/mol. The third-order valence-corrected chi connectivity index (χ3v) is 4.17. The maximum absolute atomic E-state index is 5.86. The van der Waals surface area contributed by atoms with Gasteiger partial charge in [0.15, 0.2) is 0 Å². The topological polar surface area (TPSA) is 25.2 Å². The van der Waals surface area contributed by atoms with E-state index in [2.05, 4.69) is 42.6 Å². The Hall–Kier alpha value is -1.96. The molecule has 1 aliphatic rings. The summed E-state index contributed by atoms with van der Waals surface area (Å²) in [7, 11) is 0. The first-order chi connectivity index (χ1) is 9.79. The van der Waals surface area contributed by atoms with Crippen molar-refractivity contribution in [3.05, 3.63) is 42.5 Å².